The highest BCUT2D eigenvalue weighted by atomic mass is 35.5. The summed E-state index contributed by atoms with van der Waals surface area (Å²) < 4.78 is 13.2. The maximum atomic E-state index is 13.2. The quantitative estimate of drug-likeness (QED) is 0.832. The van der Waals surface area contributed by atoms with E-state index in [0.717, 1.165) is 13.1 Å². The maximum Gasteiger partial charge on any atom is 0.252 e. The lowest BCUT2D eigenvalue weighted by Gasteiger charge is -2.40. The molecule has 1 aliphatic heterocycles. The number of nitrogens with one attached hydrogen (secondary N) is 1. The molecule has 1 saturated heterocycles. The summed E-state index contributed by atoms with van der Waals surface area (Å²) in [6, 6.07) is 3.85. The van der Waals surface area contributed by atoms with Crippen LogP contribution in [0.15, 0.2) is 18.2 Å². The second-order valence-electron chi connectivity index (χ2n) is 5.33. The zero-order chi connectivity index (χ0) is 15.6. The van der Waals surface area contributed by atoms with Gasteiger partial charge in [0.25, 0.3) is 5.91 Å². The summed E-state index contributed by atoms with van der Waals surface area (Å²) in [5, 5.41) is 2.81. The second kappa shape index (κ2) is 6.25. The molecule has 0 spiro atoms. The predicted molar refractivity (Wildman–Crippen MR) is 85.1 cm³/mol. The Bertz CT molecular complexity index is 573. The Labute approximate surface area is 133 Å². The van der Waals surface area contributed by atoms with Crippen molar-refractivity contribution in [1.82, 2.24) is 10.2 Å². The van der Waals surface area contributed by atoms with Crippen LogP contribution < -0.4 is 11.1 Å². The van der Waals surface area contributed by atoms with Crippen LogP contribution in [-0.4, -0.2) is 41.5 Å². The molecule has 0 bridgehead atoms. The molecule has 7 heteroatoms. The average molecular weight is 330 g/mol. The molecule has 2 rings (SSSR count). The fraction of sp³-hybridized carbons (Fsp3) is 0.429. The van der Waals surface area contributed by atoms with E-state index in [1.807, 2.05) is 7.05 Å². The molecule has 114 valence electrons. The van der Waals surface area contributed by atoms with E-state index in [2.05, 4.69) is 10.2 Å². The van der Waals surface area contributed by atoms with Crippen molar-refractivity contribution in [2.75, 3.05) is 20.1 Å². The number of thiocarbonyl (C=S) groups is 1. The van der Waals surface area contributed by atoms with E-state index in [-0.39, 0.29) is 21.5 Å². The van der Waals surface area contributed by atoms with E-state index in [1.165, 1.54) is 18.2 Å². The van der Waals surface area contributed by atoms with Crippen LogP contribution in [0.5, 0.6) is 0 Å². The van der Waals surface area contributed by atoms with Gasteiger partial charge < -0.3 is 16.0 Å². The van der Waals surface area contributed by atoms with E-state index in [1.54, 1.807) is 0 Å². The van der Waals surface area contributed by atoms with Gasteiger partial charge in [-0.05, 0) is 38.1 Å². The highest BCUT2D eigenvalue weighted by Crippen LogP contribution is 2.23. The Hall–Kier alpha value is -1.24. The molecule has 0 radical (unpaired) electrons. The van der Waals surface area contributed by atoms with Crippen molar-refractivity contribution >= 4 is 34.7 Å². The number of benzene rings is 1. The van der Waals surface area contributed by atoms with Crippen molar-refractivity contribution in [1.29, 1.82) is 0 Å². The molecule has 1 aromatic carbocycles. The van der Waals surface area contributed by atoms with E-state index < -0.39 is 11.4 Å². The Kier molecular flexibility index (Phi) is 4.81. The molecule has 0 aromatic heterocycles. The molecule has 1 fully saturated rings. The first-order chi connectivity index (χ1) is 9.84. The number of halogens is 2. The zero-order valence-electron chi connectivity index (χ0n) is 11.7. The number of nitrogens with zero attached hydrogens (tertiary/aromatic N) is 1. The Balaban J connectivity index is 2.19. The van der Waals surface area contributed by atoms with Crippen molar-refractivity contribution in [2.24, 2.45) is 5.73 Å². The summed E-state index contributed by atoms with van der Waals surface area (Å²) >= 11 is 10.8. The first kappa shape index (κ1) is 16.1. The van der Waals surface area contributed by atoms with Gasteiger partial charge in [-0.25, -0.2) is 4.39 Å². The lowest BCUT2D eigenvalue weighted by molar-refractivity contribution is 0.0890. The summed E-state index contributed by atoms with van der Waals surface area (Å²) in [5.74, 6) is -0.911. The minimum Gasteiger partial charge on any atom is -0.391 e. The summed E-state index contributed by atoms with van der Waals surface area (Å²) in [5.41, 5.74) is 5.43. The second-order valence-corrected chi connectivity index (χ2v) is 6.18. The highest BCUT2D eigenvalue weighted by Gasteiger charge is 2.38. The number of rotatable bonds is 3. The summed E-state index contributed by atoms with van der Waals surface area (Å²) in [6.45, 7) is 1.59. The normalized spacial score (nSPS) is 18.2. The van der Waals surface area contributed by atoms with Gasteiger partial charge in [-0.15, -0.1) is 0 Å². The van der Waals surface area contributed by atoms with Crippen LogP contribution in [-0.2, 0) is 0 Å². The van der Waals surface area contributed by atoms with Crippen LogP contribution in [0.2, 0.25) is 5.02 Å². The number of nitrogens with two attached hydrogens (primary N) is 1. The molecular formula is C14H17ClFN3OS. The van der Waals surface area contributed by atoms with E-state index in [9.17, 15) is 9.18 Å². The van der Waals surface area contributed by atoms with Crippen molar-refractivity contribution in [3.8, 4) is 0 Å². The van der Waals surface area contributed by atoms with Crippen LogP contribution in [0.25, 0.3) is 0 Å². The SMILES string of the molecule is CN1CCC(NC(=O)c2ccc(F)c(Cl)c2)(C(N)=S)CC1. The molecule has 0 aliphatic carbocycles. The molecule has 0 saturated carbocycles. The largest absolute Gasteiger partial charge is 0.391 e. The first-order valence-electron chi connectivity index (χ1n) is 6.60. The van der Waals surface area contributed by atoms with Gasteiger partial charge in [0, 0.05) is 18.7 Å². The van der Waals surface area contributed by atoms with Crippen molar-refractivity contribution < 1.29 is 9.18 Å². The molecule has 1 aliphatic rings. The summed E-state index contributed by atoms with van der Waals surface area (Å²) in [4.78, 5) is 14.8. The third-order valence-corrected chi connectivity index (χ3v) is 4.53. The van der Waals surface area contributed by atoms with Gasteiger partial charge in [0.05, 0.1) is 15.6 Å². The average Bonchev–Trinajstić information content (AvgIpc) is 2.44. The first-order valence-corrected chi connectivity index (χ1v) is 7.39. The van der Waals surface area contributed by atoms with Gasteiger partial charge in [-0.3, -0.25) is 4.79 Å². The number of hydrogen-bond acceptors (Lipinski definition) is 3. The number of likely N-dealkylation sites (tertiary alicyclic amines) is 1. The maximum absolute atomic E-state index is 13.2. The number of carbonyl (C=O) groups excluding carboxylic acids is 1. The fourth-order valence-corrected chi connectivity index (χ4v) is 2.80. The third-order valence-electron chi connectivity index (χ3n) is 3.85. The number of hydrogen-bond donors (Lipinski definition) is 2. The summed E-state index contributed by atoms with van der Waals surface area (Å²) in [7, 11) is 2.01. The third kappa shape index (κ3) is 3.51. The van der Waals surface area contributed by atoms with Gasteiger partial charge in [-0.2, -0.15) is 0 Å². The Morgan fingerprint density at radius 1 is 1.48 bits per heavy atom. The van der Waals surface area contributed by atoms with E-state index in [0.29, 0.717) is 12.8 Å². The molecule has 21 heavy (non-hydrogen) atoms. The van der Waals surface area contributed by atoms with Gasteiger partial charge in [0.1, 0.15) is 5.82 Å². The molecule has 4 nitrogen and oxygen atoms in total. The number of carbonyl (C=O) groups is 1. The van der Waals surface area contributed by atoms with E-state index >= 15 is 0 Å². The van der Waals surface area contributed by atoms with Crippen molar-refractivity contribution in [2.45, 2.75) is 18.4 Å². The van der Waals surface area contributed by atoms with Crippen molar-refractivity contribution in [3.05, 3.63) is 34.6 Å². The fourth-order valence-electron chi connectivity index (χ4n) is 2.36. The Morgan fingerprint density at radius 2 is 2.10 bits per heavy atom. The summed E-state index contributed by atoms with van der Waals surface area (Å²) in [6.07, 6.45) is 1.30. The van der Waals surface area contributed by atoms with Gasteiger partial charge in [0.15, 0.2) is 0 Å². The van der Waals surface area contributed by atoms with Gasteiger partial charge in [0.2, 0.25) is 0 Å². The van der Waals surface area contributed by atoms with Crippen LogP contribution in [0.4, 0.5) is 4.39 Å². The van der Waals surface area contributed by atoms with E-state index in [4.69, 9.17) is 29.6 Å². The zero-order valence-corrected chi connectivity index (χ0v) is 13.2. The number of amides is 1. The van der Waals surface area contributed by atoms with Crippen molar-refractivity contribution in [3.63, 3.8) is 0 Å². The molecule has 1 heterocycles. The molecule has 0 unspecified atom stereocenters. The van der Waals surface area contributed by atoms with Crippen LogP contribution in [0.3, 0.4) is 0 Å². The highest BCUT2D eigenvalue weighted by molar-refractivity contribution is 7.80. The predicted octanol–water partition coefficient (Wildman–Crippen LogP) is 1.96. The topological polar surface area (TPSA) is 58.4 Å². The standard InChI is InChI=1S/C14H17ClFN3OS/c1-19-6-4-14(5-7-19,13(17)21)18-12(20)9-2-3-11(16)10(15)8-9/h2-3,8H,4-7H2,1H3,(H2,17,21)(H,18,20). The minimum absolute atomic E-state index is 0.0876. The molecular weight excluding hydrogens is 313 g/mol. The smallest absolute Gasteiger partial charge is 0.252 e. The molecule has 3 N–H and O–H groups in total. The van der Waals surface area contributed by atoms with Gasteiger partial charge in [-0.1, -0.05) is 23.8 Å². The lowest BCUT2D eigenvalue weighted by atomic mass is 9.87. The van der Waals surface area contributed by atoms with Crippen LogP contribution >= 0.6 is 23.8 Å². The number of piperidine rings is 1. The van der Waals surface area contributed by atoms with Crippen LogP contribution in [0, 0.1) is 5.82 Å². The van der Waals surface area contributed by atoms with Gasteiger partial charge >= 0.3 is 0 Å². The molecule has 1 amide bonds. The molecule has 0 atom stereocenters. The molecule has 1 aromatic rings. The minimum atomic E-state index is -0.695. The van der Waals surface area contributed by atoms with Crippen LogP contribution in [0.1, 0.15) is 23.2 Å². The Morgan fingerprint density at radius 3 is 2.62 bits per heavy atom. The lowest BCUT2D eigenvalue weighted by Crippen LogP contribution is -2.61. The monoisotopic (exact) mass is 329 g/mol.